The van der Waals surface area contributed by atoms with Crippen molar-refractivity contribution in [3.8, 4) is 0 Å². The Kier molecular flexibility index (Phi) is 6.14. The lowest BCUT2D eigenvalue weighted by Gasteiger charge is -2.26. The number of carbonyl (C=O) groups excluding carboxylic acids is 2. The Morgan fingerprint density at radius 1 is 1.22 bits per heavy atom. The van der Waals surface area contributed by atoms with Gasteiger partial charge >= 0.3 is 0 Å². The van der Waals surface area contributed by atoms with Crippen molar-refractivity contribution in [3.05, 3.63) is 35.9 Å². The van der Waals surface area contributed by atoms with Gasteiger partial charge in [-0.2, -0.15) is 0 Å². The van der Waals surface area contributed by atoms with E-state index >= 15 is 0 Å². The Morgan fingerprint density at radius 3 is 2.48 bits per heavy atom. The van der Waals surface area contributed by atoms with Gasteiger partial charge in [-0.1, -0.05) is 30.3 Å². The number of guanidine groups is 1. The monoisotopic (exact) mass is 316 g/mol. The summed E-state index contributed by atoms with van der Waals surface area (Å²) in [6.45, 7) is 1.63. The first kappa shape index (κ1) is 17.0. The minimum Gasteiger partial charge on any atom is -0.354 e. The van der Waals surface area contributed by atoms with Gasteiger partial charge in [0.2, 0.25) is 11.8 Å². The van der Waals surface area contributed by atoms with E-state index in [1.807, 2.05) is 30.1 Å². The maximum atomic E-state index is 11.8. The third kappa shape index (κ3) is 4.81. The second-order valence-corrected chi connectivity index (χ2v) is 5.61. The van der Waals surface area contributed by atoms with Crippen molar-refractivity contribution < 1.29 is 9.59 Å². The Balaban J connectivity index is 1.83. The maximum Gasteiger partial charge on any atom is 0.229 e. The SMILES string of the molecule is CN=C(NCCN1C(=O)CCCC1=O)N(C)Cc1ccccc1. The van der Waals surface area contributed by atoms with Crippen LogP contribution in [0, 0.1) is 0 Å². The predicted octanol–water partition coefficient (Wildman–Crippen LogP) is 1.23. The zero-order valence-electron chi connectivity index (χ0n) is 13.8. The number of aliphatic imine (C=N–C) groups is 1. The van der Waals surface area contributed by atoms with Crippen LogP contribution >= 0.6 is 0 Å². The van der Waals surface area contributed by atoms with Gasteiger partial charge in [0.15, 0.2) is 5.96 Å². The van der Waals surface area contributed by atoms with Crippen molar-refractivity contribution in [2.24, 2.45) is 4.99 Å². The minimum atomic E-state index is -0.0734. The first-order chi connectivity index (χ1) is 11.1. The molecule has 0 radical (unpaired) electrons. The van der Waals surface area contributed by atoms with E-state index in [-0.39, 0.29) is 11.8 Å². The normalized spacial score (nSPS) is 15.7. The van der Waals surface area contributed by atoms with Crippen molar-refractivity contribution >= 4 is 17.8 Å². The second kappa shape index (κ2) is 8.31. The Bertz CT molecular complexity index is 555. The highest BCUT2D eigenvalue weighted by atomic mass is 16.2. The first-order valence-corrected chi connectivity index (χ1v) is 7.90. The van der Waals surface area contributed by atoms with Gasteiger partial charge in [0.25, 0.3) is 0 Å². The van der Waals surface area contributed by atoms with Crippen LogP contribution in [0.3, 0.4) is 0 Å². The maximum absolute atomic E-state index is 11.8. The van der Waals surface area contributed by atoms with Crippen molar-refractivity contribution in [2.45, 2.75) is 25.8 Å². The molecule has 1 aromatic rings. The number of benzene rings is 1. The number of amides is 2. The van der Waals surface area contributed by atoms with E-state index in [4.69, 9.17) is 0 Å². The largest absolute Gasteiger partial charge is 0.354 e. The summed E-state index contributed by atoms with van der Waals surface area (Å²) in [6, 6.07) is 10.1. The van der Waals surface area contributed by atoms with Gasteiger partial charge in [0.1, 0.15) is 0 Å². The molecular weight excluding hydrogens is 292 g/mol. The summed E-state index contributed by atoms with van der Waals surface area (Å²) >= 11 is 0. The fourth-order valence-electron chi connectivity index (χ4n) is 2.65. The molecule has 0 aromatic heterocycles. The molecule has 0 saturated carbocycles. The fraction of sp³-hybridized carbons (Fsp3) is 0.471. The summed E-state index contributed by atoms with van der Waals surface area (Å²) in [5.41, 5.74) is 1.19. The number of piperidine rings is 1. The highest BCUT2D eigenvalue weighted by molar-refractivity contribution is 5.97. The number of likely N-dealkylation sites (tertiary alicyclic amines) is 1. The Morgan fingerprint density at radius 2 is 1.87 bits per heavy atom. The first-order valence-electron chi connectivity index (χ1n) is 7.90. The van der Waals surface area contributed by atoms with E-state index in [1.54, 1.807) is 7.05 Å². The van der Waals surface area contributed by atoms with Gasteiger partial charge in [-0.3, -0.25) is 19.5 Å². The van der Waals surface area contributed by atoms with E-state index in [9.17, 15) is 9.59 Å². The predicted molar refractivity (Wildman–Crippen MR) is 89.8 cm³/mol. The van der Waals surface area contributed by atoms with E-state index < -0.39 is 0 Å². The number of carbonyl (C=O) groups is 2. The van der Waals surface area contributed by atoms with Gasteiger partial charge in [0, 0.05) is 46.6 Å². The van der Waals surface area contributed by atoms with Crippen LogP contribution in [0.15, 0.2) is 35.3 Å². The molecule has 0 bridgehead atoms. The van der Waals surface area contributed by atoms with Crippen molar-refractivity contribution in [2.75, 3.05) is 27.2 Å². The van der Waals surface area contributed by atoms with Crippen LogP contribution in [-0.2, 0) is 16.1 Å². The smallest absolute Gasteiger partial charge is 0.229 e. The molecule has 2 amide bonds. The molecular formula is C17H24N4O2. The summed E-state index contributed by atoms with van der Waals surface area (Å²) in [4.78, 5) is 31.1. The lowest BCUT2D eigenvalue weighted by molar-refractivity contribution is -0.147. The molecule has 1 heterocycles. The molecule has 23 heavy (non-hydrogen) atoms. The molecule has 1 N–H and O–H groups in total. The molecule has 0 spiro atoms. The third-order valence-electron chi connectivity index (χ3n) is 3.84. The van der Waals surface area contributed by atoms with E-state index in [0.29, 0.717) is 32.4 Å². The van der Waals surface area contributed by atoms with Crippen LogP contribution in [-0.4, -0.2) is 54.8 Å². The topological polar surface area (TPSA) is 65.0 Å². The summed E-state index contributed by atoms with van der Waals surface area (Å²) < 4.78 is 0. The number of nitrogens with zero attached hydrogens (tertiary/aromatic N) is 3. The van der Waals surface area contributed by atoms with Crippen molar-refractivity contribution in [1.29, 1.82) is 0 Å². The van der Waals surface area contributed by atoms with Crippen LogP contribution < -0.4 is 5.32 Å². The quantitative estimate of drug-likeness (QED) is 0.504. The molecule has 1 aliphatic heterocycles. The molecule has 1 aromatic carbocycles. The minimum absolute atomic E-state index is 0.0734. The third-order valence-corrected chi connectivity index (χ3v) is 3.84. The molecule has 6 heteroatoms. The average Bonchev–Trinajstić information content (AvgIpc) is 2.54. The molecule has 0 aliphatic carbocycles. The van der Waals surface area contributed by atoms with Crippen LogP contribution in [0.4, 0.5) is 0 Å². The van der Waals surface area contributed by atoms with E-state index in [1.165, 1.54) is 10.5 Å². The molecule has 1 saturated heterocycles. The summed E-state index contributed by atoms with van der Waals surface area (Å²) in [6.07, 6.45) is 1.60. The lowest BCUT2D eigenvalue weighted by atomic mass is 10.1. The summed E-state index contributed by atoms with van der Waals surface area (Å²) in [5.74, 6) is 0.595. The lowest BCUT2D eigenvalue weighted by Crippen LogP contribution is -2.46. The van der Waals surface area contributed by atoms with Gasteiger partial charge in [-0.05, 0) is 12.0 Å². The average molecular weight is 316 g/mol. The van der Waals surface area contributed by atoms with Crippen LogP contribution in [0.25, 0.3) is 0 Å². The van der Waals surface area contributed by atoms with E-state index in [0.717, 1.165) is 12.5 Å². The molecule has 0 unspecified atom stereocenters. The van der Waals surface area contributed by atoms with Crippen LogP contribution in [0.1, 0.15) is 24.8 Å². The second-order valence-electron chi connectivity index (χ2n) is 5.61. The fourth-order valence-corrected chi connectivity index (χ4v) is 2.65. The number of nitrogens with one attached hydrogen (secondary N) is 1. The van der Waals surface area contributed by atoms with Crippen LogP contribution in [0.2, 0.25) is 0 Å². The number of hydrogen-bond acceptors (Lipinski definition) is 3. The molecule has 2 rings (SSSR count). The van der Waals surface area contributed by atoms with Crippen LogP contribution in [0.5, 0.6) is 0 Å². The molecule has 1 fully saturated rings. The number of hydrogen-bond donors (Lipinski definition) is 1. The molecule has 1 aliphatic rings. The molecule has 124 valence electrons. The zero-order valence-corrected chi connectivity index (χ0v) is 13.8. The van der Waals surface area contributed by atoms with Crippen molar-refractivity contribution in [1.82, 2.24) is 15.1 Å². The van der Waals surface area contributed by atoms with Gasteiger partial charge in [-0.25, -0.2) is 0 Å². The molecule has 6 nitrogen and oxygen atoms in total. The van der Waals surface area contributed by atoms with Gasteiger partial charge < -0.3 is 10.2 Å². The molecule has 0 atom stereocenters. The Hall–Kier alpha value is -2.37. The van der Waals surface area contributed by atoms with Crippen molar-refractivity contribution in [3.63, 3.8) is 0 Å². The summed E-state index contributed by atoms with van der Waals surface area (Å²) in [7, 11) is 3.68. The van der Waals surface area contributed by atoms with E-state index in [2.05, 4.69) is 22.4 Å². The summed E-state index contributed by atoms with van der Waals surface area (Å²) in [5, 5.41) is 3.21. The highest BCUT2D eigenvalue weighted by Crippen LogP contribution is 2.11. The highest BCUT2D eigenvalue weighted by Gasteiger charge is 2.25. The van der Waals surface area contributed by atoms with Gasteiger partial charge in [0.05, 0.1) is 0 Å². The number of imide groups is 1. The standard InChI is InChI=1S/C17H24N4O2/c1-18-17(20(2)13-14-7-4-3-5-8-14)19-11-12-21-15(22)9-6-10-16(21)23/h3-5,7-8H,6,9-13H2,1-2H3,(H,18,19). The zero-order chi connectivity index (χ0) is 16.7. The Labute approximate surface area is 137 Å². The number of rotatable bonds is 5. The van der Waals surface area contributed by atoms with Gasteiger partial charge in [-0.15, -0.1) is 0 Å².